The predicted octanol–water partition coefficient (Wildman–Crippen LogP) is 4.43. The molecule has 0 unspecified atom stereocenters. The van der Waals surface area contributed by atoms with Crippen LogP contribution in [0, 0.1) is 0 Å². The highest BCUT2D eigenvalue weighted by atomic mass is 35.5. The summed E-state index contributed by atoms with van der Waals surface area (Å²) in [4.78, 5) is 21.9. The second kappa shape index (κ2) is 6.44. The van der Waals surface area contributed by atoms with E-state index in [0.29, 0.717) is 10.7 Å². The molecule has 0 atom stereocenters. The van der Waals surface area contributed by atoms with E-state index in [1.165, 1.54) is 23.3 Å². The number of amides is 1. The highest BCUT2D eigenvalue weighted by molar-refractivity contribution is 7.18. The molecule has 112 valence electrons. The van der Waals surface area contributed by atoms with Gasteiger partial charge in [0.2, 0.25) is 5.91 Å². The Morgan fingerprint density at radius 2 is 2.05 bits per heavy atom. The smallest absolute Gasteiger partial charge is 0.247 e. The number of hydrogen-bond acceptors (Lipinski definition) is 4. The molecule has 6 heteroatoms. The fourth-order valence-electron chi connectivity index (χ4n) is 2.04. The minimum absolute atomic E-state index is 0.185. The van der Waals surface area contributed by atoms with E-state index in [9.17, 15) is 4.79 Å². The molecule has 0 aliphatic carbocycles. The van der Waals surface area contributed by atoms with Gasteiger partial charge in [-0.05, 0) is 30.3 Å². The number of halogens is 1. The number of para-hydroxylation sites is 1. The van der Waals surface area contributed by atoms with Gasteiger partial charge in [0.15, 0.2) is 0 Å². The van der Waals surface area contributed by atoms with Gasteiger partial charge in [-0.15, -0.1) is 11.3 Å². The Balaban J connectivity index is 1.78. The minimum Gasteiger partial charge on any atom is -0.273 e. The van der Waals surface area contributed by atoms with Crippen LogP contribution in [0.3, 0.4) is 0 Å². The molecule has 1 aromatic heterocycles. The number of carbonyl (C=O) groups excluding carboxylic acids is 1. The van der Waals surface area contributed by atoms with Gasteiger partial charge in [-0.25, -0.2) is 4.98 Å². The predicted molar refractivity (Wildman–Crippen MR) is 89.0 cm³/mol. The maximum Gasteiger partial charge on any atom is 0.247 e. The molecule has 1 amide bonds. The van der Waals surface area contributed by atoms with Crippen molar-refractivity contribution < 1.29 is 9.63 Å². The number of nitrogens with zero attached hydrogens (tertiary/aromatic N) is 2. The molecule has 4 nitrogen and oxygen atoms in total. The van der Waals surface area contributed by atoms with Gasteiger partial charge in [-0.2, -0.15) is 5.06 Å². The van der Waals surface area contributed by atoms with Crippen LogP contribution in [-0.2, 0) is 16.2 Å². The standard InChI is InChI=1S/C16H13ClN2O2S/c1-11(20)19(13-5-3-2-4-6-13)21-10-16-18-14-8-7-12(17)9-15(14)22-16/h2-9H,10H2,1H3. The van der Waals surface area contributed by atoms with Crippen LogP contribution in [0.5, 0.6) is 0 Å². The average Bonchev–Trinajstić information content (AvgIpc) is 2.90. The number of fused-ring (bicyclic) bond motifs is 1. The van der Waals surface area contributed by atoms with Gasteiger partial charge in [0.1, 0.15) is 11.6 Å². The minimum atomic E-state index is -0.185. The van der Waals surface area contributed by atoms with Gasteiger partial charge in [0, 0.05) is 11.9 Å². The first-order valence-corrected chi connectivity index (χ1v) is 7.86. The third-order valence-electron chi connectivity index (χ3n) is 2.99. The van der Waals surface area contributed by atoms with Gasteiger partial charge >= 0.3 is 0 Å². The second-order valence-corrected chi connectivity index (χ2v) is 6.19. The fourth-order valence-corrected chi connectivity index (χ4v) is 3.19. The summed E-state index contributed by atoms with van der Waals surface area (Å²) >= 11 is 7.47. The quantitative estimate of drug-likeness (QED) is 0.663. The van der Waals surface area contributed by atoms with Crippen molar-refractivity contribution in [1.82, 2.24) is 4.98 Å². The normalized spacial score (nSPS) is 10.8. The molecule has 0 aliphatic rings. The summed E-state index contributed by atoms with van der Waals surface area (Å²) in [6.07, 6.45) is 0. The van der Waals surface area contributed by atoms with Crippen molar-refractivity contribution in [1.29, 1.82) is 0 Å². The maximum absolute atomic E-state index is 11.7. The Morgan fingerprint density at radius 1 is 1.27 bits per heavy atom. The molecule has 0 saturated carbocycles. The van der Waals surface area contributed by atoms with Crippen molar-refractivity contribution in [2.45, 2.75) is 13.5 Å². The first kappa shape index (κ1) is 15.0. The van der Waals surface area contributed by atoms with Crippen LogP contribution in [0.25, 0.3) is 10.2 Å². The third kappa shape index (κ3) is 3.27. The number of benzene rings is 2. The molecule has 1 heterocycles. The number of rotatable bonds is 4. The van der Waals surface area contributed by atoms with Crippen LogP contribution in [0.15, 0.2) is 48.5 Å². The number of hydroxylamine groups is 1. The molecule has 22 heavy (non-hydrogen) atoms. The molecular formula is C16H13ClN2O2S. The molecule has 3 rings (SSSR count). The number of aromatic nitrogens is 1. The van der Waals surface area contributed by atoms with Gasteiger partial charge in [0.25, 0.3) is 0 Å². The lowest BCUT2D eigenvalue weighted by molar-refractivity contribution is -0.124. The van der Waals surface area contributed by atoms with Crippen molar-refractivity contribution >= 4 is 44.7 Å². The Hall–Kier alpha value is -1.95. The Morgan fingerprint density at radius 3 is 2.77 bits per heavy atom. The van der Waals surface area contributed by atoms with Crippen LogP contribution in [0.4, 0.5) is 5.69 Å². The van der Waals surface area contributed by atoms with Gasteiger partial charge in [-0.3, -0.25) is 9.63 Å². The monoisotopic (exact) mass is 332 g/mol. The Bertz CT molecular complexity index is 804. The largest absolute Gasteiger partial charge is 0.273 e. The first-order valence-electron chi connectivity index (χ1n) is 6.67. The SMILES string of the molecule is CC(=O)N(OCc1nc2ccc(Cl)cc2s1)c1ccccc1. The summed E-state index contributed by atoms with van der Waals surface area (Å²) in [5.41, 5.74) is 1.57. The first-order chi connectivity index (χ1) is 10.6. The zero-order chi connectivity index (χ0) is 15.5. The zero-order valence-electron chi connectivity index (χ0n) is 11.8. The van der Waals surface area contributed by atoms with E-state index < -0.39 is 0 Å². The molecule has 0 N–H and O–H groups in total. The van der Waals surface area contributed by atoms with Gasteiger partial charge in [-0.1, -0.05) is 29.8 Å². The molecule has 0 fully saturated rings. The molecule has 0 bridgehead atoms. The second-order valence-electron chi connectivity index (χ2n) is 4.64. The average molecular weight is 333 g/mol. The third-order valence-corrected chi connectivity index (χ3v) is 4.22. The summed E-state index contributed by atoms with van der Waals surface area (Å²) in [5, 5.41) is 2.75. The van der Waals surface area contributed by atoms with E-state index in [0.717, 1.165) is 15.2 Å². The van der Waals surface area contributed by atoms with Gasteiger partial charge < -0.3 is 0 Å². The van der Waals surface area contributed by atoms with Gasteiger partial charge in [0.05, 0.1) is 15.9 Å². The lowest BCUT2D eigenvalue weighted by Crippen LogP contribution is -2.28. The van der Waals surface area contributed by atoms with Crippen LogP contribution < -0.4 is 5.06 Å². The van der Waals surface area contributed by atoms with E-state index >= 15 is 0 Å². The van der Waals surface area contributed by atoms with E-state index in [2.05, 4.69) is 4.98 Å². The molecule has 0 saturated heterocycles. The van der Waals surface area contributed by atoms with Crippen LogP contribution >= 0.6 is 22.9 Å². The van der Waals surface area contributed by atoms with Crippen molar-refractivity contribution in [3.05, 3.63) is 58.6 Å². The van der Waals surface area contributed by atoms with Crippen molar-refractivity contribution in [2.24, 2.45) is 0 Å². The zero-order valence-corrected chi connectivity index (χ0v) is 13.4. The van der Waals surface area contributed by atoms with E-state index in [1.807, 2.05) is 42.5 Å². The van der Waals surface area contributed by atoms with Crippen molar-refractivity contribution in [3.63, 3.8) is 0 Å². The van der Waals surface area contributed by atoms with Crippen LogP contribution in [0.1, 0.15) is 11.9 Å². The summed E-state index contributed by atoms with van der Waals surface area (Å²) in [5.74, 6) is -0.185. The number of anilines is 1. The topological polar surface area (TPSA) is 42.4 Å². The lowest BCUT2D eigenvalue weighted by Gasteiger charge is -2.19. The van der Waals surface area contributed by atoms with E-state index in [4.69, 9.17) is 16.4 Å². The maximum atomic E-state index is 11.7. The fraction of sp³-hybridized carbons (Fsp3) is 0.125. The van der Waals surface area contributed by atoms with Crippen LogP contribution in [0.2, 0.25) is 5.02 Å². The summed E-state index contributed by atoms with van der Waals surface area (Å²) in [6, 6.07) is 14.8. The van der Waals surface area contributed by atoms with E-state index in [1.54, 1.807) is 6.07 Å². The number of carbonyl (C=O) groups is 1. The van der Waals surface area contributed by atoms with Crippen molar-refractivity contribution in [2.75, 3.05) is 5.06 Å². The number of hydrogen-bond donors (Lipinski definition) is 0. The van der Waals surface area contributed by atoms with Crippen molar-refractivity contribution in [3.8, 4) is 0 Å². The highest BCUT2D eigenvalue weighted by Crippen LogP contribution is 2.26. The molecule has 3 aromatic rings. The molecule has 2 aromatic carbocycles. The highest BCUT2D eigenvalue weighted by Gasteiger charge is 2.13. The Labute approximate surface area is 136 Å². The van der Waals surface area contributed by atoms with Crippen LogP contribution in [-0.4, -0.2) is 10.9 Å². The molecule has 0 spiro atoms. The van der Waals surface area contributed by atoms with E-state index in [-0.39, 0.29) is 12.5 Å². The molecule has 0 radical (unpaired) electrons. The molecular weight excluding hydrogens is 320 g/mol. The summed E-state index contributed by atoms with van der Waals surface area (Å²) < 4.78 is 1.00. The summed E-state index contributed by atoms with van der Waals surface area (Å²) in [7, 11) is 0. The summed E-state index contributed by atoms with van der Waals surface area (Å²) in [6.45, 7) is 1.69. The lowest BCUT2D eigenvalue weighted by atomic mass is 10.3. The molecule has 0 aliphatic heterocycles. The number of thiazole rings is 1. The Kier molecular flexibility index (Phi) is 4.38.